The molecule has 46 heavy (non-hydrogen) atoms. The largest absolute Gasteiger partial charge is 0.497 e. The first-order valence-electron chi connectivity index (χ1n) is 15.2. The third-order valence-electron chi connectivity index (χ3n) is 8.62. The molecule has 1 aromatic heterocycles. The summed E-state index contributed by atoms with van der Waals surface area (Å²) in [6.45, 7) is 0.0337. The Balaban J connectivity index is 1.34. The van der Waals surface area contributed by atoms with E-state index in [0.717, 1.165) is 78.2 Å². The van der Waals surface area contributed by atoms with Crippen molar-refractivity contribution in [2.75, 3.05) is 20.0 Å². The summed E-state index contributed by atoms with van der Waals surface area (Å²) in [5.41, 5.74) is 18.7. The first-order valence-corrected chi connectivity index (χ1v) is 15.2. The first-order chi connectivity index (χ1) is 22.6. The lowest BCUT2D eigenvalue weighted by Crippen LogP contribution is -2.00. The molecule has 5 heteroatoms. The molecule has 7 rings (SSSR count). The van der Waals surface area contributed by atoms with E-state index in [1.54, 1.807) is 14.2 Å². The number of fused-ring (bicyclic) bond motifs is 1. The highest BCUT2D eigenvalue weighted by Gasteiger charge is 2.19. The van der Waals surface area contributed by atoms with Gasteiger partial charge in [0.15, 0.2) is 0 Å². The number of benzene rings is 6. The molecule has 0 fully saturated rings. The average molecular weight is 603 g/mol. The molecule has 226 valence electrons. The van der Waals surface area contributed by atoms with Gasteiger partial charge in [0.1, 0.15) is 17.3 Å². The predicted molar refractivity (Wildman–Crippen MR) is 188 cm³/mol. The summed E-state index contributed by atoms with van der Waals surface area (Å²) in [5, 5.41) is 10.5. The average Bonchev–Trinajstić information content (AvgIpc) is 3.42. The molecule has 0 bridgehead atoms. The van der Waals surface area contributed by atoms with Gasteiger partial charge in [-0.2, -0.15) is 0 Å². The topological polar surface area (TPSA) is 69.6 Å². The van der Waals surface area contributed by atoms with Gasteiger partial charge in [-0.1, -0.05) is 91.0 Å². The van der Waals surface area contributed by atoms with Crippen LogP contribution in [0.3, 0.4) is 0 Å². The van der Waals surface area contributed by atoms with Gasteiger partial charge < -0.3 is 20.3 Å². The number of ether oxygens (including phenoxy) is 2. The van der Waals surface area contributed by atoms with Crippen LogP contribution in [0.5, 0.6) is 11.5 Å². The van der Waals surface area contributed by atoms with Crippen molar-refractivity contribution in [3.63, 3.8) is 0 Å². The number of aromatic nitrogens is 1. The molecule has 1 heterocycles. The molecule has 0 spiro atoms. The number of aliphatic hydroxyl groups is 1. The summed E-state index contributed by atoms with van der Waals surface area (Å²) < 4.78 is 12.9. The second-order valence-corrected chi connectivity index (χ2v) is 11.3. The molecule has 0 aliphatic rings. The molecule has 5 nitrogen and oxygen atoms in total. The van der Waals surface area contributed by atoms with Gasteiger partial charge in [0.05, 0.1) is 26.3 Å². The van der Waals surface area contributed by atoms with Crippen LogP contribution in [-0.4, -0.2) is 23.9 Å². The van der Waals surface area contributed by atoms with E-state index in [1.165, 1.54) is 0 Å². The van der Waals surface area contributed by atoms with Gasteiger partial charge in [-0.3, -0.25) is 4.57 Å². The summed E-state index contributed by atoms with van der Waals surface area (Å²) in [4.78, 5) is 0. The molecule has 0 amide bonds. The fraction of sp³-hybridized carbons (Fsp3) is 0.0732. The van der Waals surface area contributed by atoms with Crippen LogP contribution in [0.1, 0.15) is 5.56 Å². The predicted octanol–water partition coefficient (Wildman–Crippen LogP) is 9.39. The molecule has 0 radical (unpaired) electrons. The maximum absolute atomic E-state index is 9.42. The van der Waals surface area contributed by atoms with Crippen molar-refractivity contribution in [3.8, 4) is 61.7 Å². The molecule has 6 aromatic carbocycles. The Bertz CT molecular complexity index is 2110. The zero-order chi connectivity index (χ0) is 31.6. The molecule has 0 atom stereocenters. The summed E-state index contributed by atoms with van der Waals surface area (Å²) >= 11 is 0. The number of aliphatic hydroxyl groups excluding tert-OH is 1. The Labute approximate surface area is 268 Å². The van der Waals surface area contributed by atoms with E-state index in [1.807, 2.05) is 48.5 Å². The Kier molecular flexibility index (Phi) is 7.75. The maximum Gasteiger partial charge on any atom is 0.118 e. The van der Waals surface area contributed by atoms with Crippen molar-refractivity contribution >= 4 is 16.7 Å². The number of methoxy groups -OCH3 is 2. The number of nitrogens with two attached hydrogens (primary N) is 1. The van der Waals surface area contributed by atoms with E-state index in [0.29, 0.717) is 5.82 Å². The summed E-state index contributed by atoms with van der Waals surface area (Å²) in [6, 6.07) is 47.8. The fourth-order valence-electron chi connectivity index (χ4n) is 6.07. The van der Waals surface area contributed by atoms with E-state index < -0.39 is 0 Å². The third kappa shape index (κ3) is 5.38. The van der Waals surface area contributed by atoms with Crippen LogP contribution >= 0.6 is 0 Å². The number of nitrogens with zero attached hydrogens (tertiary/aromatic N) is 1. The molecule has 0 unspecified atom stereocenters. The minimum absolute atomic E-state index is 0.0337. The van der Waals surface area contributed by atoms with Gasteiger partial charge in [0, 0.05) is 16.6 Å². The van der Waals surface area contributed by atoms with Gasteiger partial charge in [-0.05, 0) is 93.0 Å². The third-order valence-corrected chi connectivity index (χ3v) is 8.62. The normalized spacial score (nSPS) is 11.1. The van der Waals surface area contributed by atoms with Crippen LogP contribution in [0.2, 0.25) is 0 Å². The molecule has 3 N–H and O–H groups in total. The van der Waals surface area contributed by atoms with E-state index in [4.69, 9.17) is 15.2 Å². The van der Waals surface area contributed by atoms with Crippen LogP contribution in [0.15, 0.2) is 140 Å². The minimum Gasteiger partial charge on any atom is -0.497 e. The lowest BCUT2D eigenvalue weighted by Gasteiger charge is -2.11. The minimum atomic E-state index is 0.0337. The monoisotopic (exact) mass is 602 g/mol. The van der Waals surface area contributed by atoms with Crippen molar-refractivity contribution in [1.29, 1.82) is 0 Å². The Morgan fingerprint density at radius 3 is 1.43 bits per heavy atom. The molecular formula is C41H34N2O3. The number of hydrogen-bond donors (Lipinski definition) is 2. The molecule has 0 aliphatic carbocycles. The molecule has 0 aliphatic heterocycles. The van der Waals surface area contributed by atoms with Crippen molar-refractivity contribution in [2.45, 2.75) is 6.61 Å². The number of anilines is 1. The van der Waals surface area contributed by atoms with Crippen molar-refractivity contribution in [2.24, 2.45) is 0 Å². The highest BCUT2D eigenvalue weighted by molar-refractivity contribution is 6.05. The highest BCUT2D eigenvalue weighted by Crippen LogP contribution is 2.41. The zero-order valence-corrected chi connectivity index (χ0v) is 25.8. The molecule has 7 aromatic rings. The molecular weight excluding hydrogens is 568 g/mol. The van der Waals surface area contributed by atoms with E-state index in [9.17, 15) is 5.11 Å². The second kappa shape index (κ2) is 12.3. The standard InChI is InChI=1S/C41H34N2O3/c1-45-36-20-13-31(14-21-36)29-7-9-33(10-8-29)40-38-25-34(32-15-22-37(46-2)23-16-32)17-24-39(38)43(41(40)42)35-18-11-30(12-19-35)28-5-3-27(26-44)4-6-28/h3-25,44H,26,42H2,1-2H3. The summed E-state index contributed by atoms with van der Waals surface area (Å²) in [5.74, 6) is 2.34. The number of rotatable bonds is 8. The number of hydrogen-bond acceptors (Lipinski definition) is 4. The Morgan fingerprint density at radius 2 is 0.935 bits per heavy atom. The Morgan fingerprint density at radius 1 is 0.522 bits per heavy atom. The smallest absolute Gasteiger partial charge is 0.118 e. The highest BCUT2D eigenvalue weighted by atomic mass is 16.5. The summed E-state index contributed by atoms with van der Waals surface area (Å²) in [6.07, 6.45) is 0. The lowest BCUT2D eigenvalue weighted by atomic mass is 9.97. The maximum atomic E-state index is 9.42. The fourth-order valence-corrected chi connectivity index (χ4v) is 6.07. The van der Waals surface area contributed by atoms with Gasteiger partial charge in [-0.25, -0.2) is 0 Å². The summed E-state index contributed by atoms with van der Waals surface area (Å²) in [7, 11) is 3.36. The van der Waals surface area contributed by atoms with Crippen LogP contribution in [0.4, 0.5) is 5.82 Å². The zero-order valence-electron chi connectivity index (χ0n) is 25.8. The van der Waals surface area contributed by atoms with Crippen LogP contribution < -0.4 is 15.2 Å². The second-order valence-electron chi connectivity index (χ2n) is 11.3. The van der Waals surface area contributed by atoms with Gasteiger partial charge in [0.2, 0.25) is 0 Å². The van der Waals surface area contributed by atoms with E-state index in [-0.39, 0.29) is 6.61 Å². The Hall–Kier alpha value is -5.78. The first kappa shape index (κ1) is 29.0. The van der Waals surface area contributed by atoms with Crippen LogP contribution in [0.25, 0.3) is 61.1 Å². The van der Waals surface area contributed by atoms with Gasteiger partial charge in [-0.15, -0.1) is 0 Å². The number of nitrogen functional groups attached to an aromatic ring is 1. The van der Waals surface area contributed by atoms with Gasteiger partial charge in [0.25, 0.3) is 0 Å². The molecule has 0 saturated heterocycles. The van der Waals surface area contributed by atoms with E-state index in [2.05, 4.69) is 95.6 Å². The van der Waals surface area contributed by atoms with Crippen molar-refractivity contribution in [1.82, 2.24) is 4.57 Å². The van der Waals surface area contributed by atoms with Crippen LogP contribution in [0, 0.1) is 0 Å². The van der Waals surface area contributed by atoms with E-state index >= 15 is 0 Å². The molecule has 0 saturated carbocycles. The SMILES string of the molecule is COc1ccc(-c2ccc(-c3c(N)n(-c4ccc(-c5ccc(CO)cc5)cc4)c4ccc(-c5ccc(OC)cc5)cc34)cc2)cc1. The van der Waals surface area contributed by atoms with Crippen molar-refractivity contribution in [3.05, 3.63) is 145 Å². The lowest BCUT2D eigenvalue weighted by molar-refractivity contribution is 0.282. The quantitative estimate of drug-likeness (QED) is 0.182. The van der Waals surface area contributed by atoms with Crippen molar-refractivity contribution < 1.29 is 14.6 Å². The van der Waals surface area contributed by atoms with Crippen LogP contribution in [-0.2, 0) is 6.61 Å². The van der Waals surface area contributed by atoms with Gasteiger partial charge >= 0.3 is 0 Å².